The smallest absolute Gasteiger partial charge is 0.267 e. The predicted octanol–water partition coefficient (Wildman–Crippen LogP) is 4.41. The minimum Gasteiger partial charge on any atom is -0.387 e. The normalized spacial score (nSPS) is 26.2. The Kier molecular flexibility index (Phi) is 5.34. The van der Waals surface area contributed by atoms with Crippen LogP contribution >= 0.6 is 11.6 Å². The highest BCUT2D eigenvalue weighted by molar-refractivity contribution is 6.31. The van der Waals surface area contributed by atoms with Gasteiger partial charge in [0.05, 0.1) is 0 Å². The lowest BCUT2D eigenvalue weighted by Gasteiger charge is -2.28. The number of hydrogen-bond donors (Lipinski definition) is 2. The van der Waals surface area contributed by atoms with Crippen molar-refractivity contribution in [1.29, 1.82) is 5.26 Å². The van der Waals surface area contributed by atoms with Crippen LogP contribution in [0.3, 0.4) is 0 Å². The number of carbonyl (C=O) groups is 1. The summed E-state index contributed by atoms with van der Waals surface area (Å²) in [5.41, 5.74) is 1.49. The largest absolute Gasteiger partial charge is 0.387 e. The molecule has 0 aliphatic heterocycles. The number of anilines is 1. The van der Waals surface area contributed by atoms with Crippen LogP contribution in [0.4, 0.5) is 5.69 Å². The summed E-state index contributed by atoms with van der Waals surface area (Å²) in [5, 5.41) is 16.0. The van der Waals surface area contributed by atoms with Gasteiger partial charge >= 0.3 is 0 Å². The Labute approximate surface area is 154 Å². The van der Waals surface area contributed by atoms with Crippen molar-refractivity contribution in [2.75, 3.05) is 5.32 Å². The Morgan fingerprint density at radius 3 is 2.84 bits per heavy atom. The van der Waals surface area contributed by atoms with E-state index in [4.69, 9.17) is 11.6 Å². The summed E-state index contributed by atoms with van der Waals surface area (Å²) in [6, 6.07) is 7.59. The van der Waals surface area contributed by atoms with Gasteiger partial charge in [-0.15, -0.1) is 0 Å². The van der Waals surface area contributed by atoms with E-state index in [1.54, 1.807) is 24.4 Å². The minimum absolute atomic E-state index is 0.0781. The van der Waals surface area contributed by atoms with Gasteiger partial charge in [-0.3, -0.25) is 4.79 Å². The number of nitrogens with zero attached hydrogens (tertiary/aromatic N) is 1. The second kappa shape index (κ2) is 7.49. The summed E-state index contributed by atoms with van der Waals surface area (Å²) < 4.78 is 0. The van der Waals surface area contributed by atoms with Crippen molar-refractivity contribution in [1.82, 2.24) is 5.32 Å². The topological polar surface area (TPSA) is 64.9 Å². The third-order valence-corrected chi connectivity index (χ3v) is 6.22. The first-order valence-electron chi connectivity index (χ1n) is 8.92. The summed E-state index contributed by atoms with van der Waals surface area (Å²) in [6.07, 6.45) is 6.87. The van der Waals surface area contributed by atoms with E-state index >= 15 is 0 Å². The third kappa shape index (κ3) is 3.82. The number of carbonyl (C=O) groups excluding carboxylic acids is 1. The molecule has 3 rings (SSSR count). The minimum atomic E-state index is -0.416. The highest BCUT2D eigenvalue weighted by Gasteiger charge is 2.41. The van der Waals surface area contributed by atoms with E-state index in [0.717, 1.165) is 17.4 Å². The molecule has 1 amide bonds. The molecule has 0 heterocycles. The van der Waals surface area contributed by atoms with Crippen LogP contribution in [0.5, 0.6) is 0 Å². The predicted molar refractivity (Wildman–Crippen MR) is 100 cm³/mol. The molecule has 2 aliphatic rings. The summed E-state index contributed by atoms with van der Waals surface area (Å²) in [4.78, 5) is 12.4. The van der Waals surface area contributed by atoms with Crippen LogP contribution in [-0.4, -0.2) is 11.9 Å². The van der Waals surface area contributed by atoms with E-state index in [0.29, 0.717) is 16.6 Å². The molecule has 132 valence electrons. The van der Waals surface area contributed by atoms with Gasteiger partial charge in [-0.2, -0.15) is 5.26 Å². The van der Waals surface area contributed by atoms with Crippen LogP contribution in [0.15, 0.2) is 30.0 Å². The molecule has 2 N–H and O–H groups in total. The molecule has 0 spiro atoms. The molecule has 5 heteroatoms. The first kappa shape index (κ1) is 17.8. The van der Waals surface area contributed by atoms with E-state index in [9.17, 15) is 10.1 Å². The molecular formula is C20H24ClN3O. The average Bonchev–Trinajstić information content (AvgIpc) is 3.22. The average molecular weight is 358 g/mol. The van der Waals surface area contributed by atoms with Gasteiger partial charge < -0.3 is 10.6 Å². The zero-order valence-electron chi connectivity index (χ0n) is 14.7. The standard InChI is InChI=1S/C20H24ClN3O/c1-12-18(21)4-3-5-19(12)24-20(25)16(10-22)11-23-13(2)17-9-14-6-7-15(17)8-14/h3-5,11,13-15,17,23H,6-9H2,1-2H3,(H,24,25)/b16-11-. The van der Waals surface area contributed by atoms with E-state index < -0.39 is 5.91 Å². The van der Waals surface area contributed by atoms with Crippen molar-refractivity contribution >= 4 is 23.2 Å². The van der Waals surface area contributed by atoms with Crippen molar-refractivity contribution in [3.63, 3.8) is 0 Å². The molecule has 4 nitrogen and oxygen atoms in total. The van der Waals surface area contributed by atoms with Gasteiger partial charge in [0.15, 0.2) is 0 Å². The van der Waals surface area contributed by atoms with Gasteiger partial charge in [0.25, 0.3) is 5.91 Å². The summed E-state index contributed by atoms with van der Waals surface area (Å²) in [5.74, 6) is 1.91. The number of amides is 1. The van der Waals surface area contributed by atoms with Crippen molar-refractivity contribution in [2.45, 2.75) is 45.6 Å². The van der Waals surface area contributed by atoms with Gasteiger partial charge in [0, 0.05) is 23.0 Å². The Hall–Kier alpha value is -1.99. The van der Waals surface area contributed by atoms with Gasteiger partial charge in [0.1, 0.15) is 11.6 Å². The van der Waals surface area contributed by atoms with Gasteiger partial charge in [0.2, 0.25) is 0 Å². The Morgan fingerprint density at radius 1 is 1.40 bits per heavy atom. The highest BCUT2D eigenvalue weighted by Crippen LogP contribution is 2.49. The number of benzene rings is 1. The van der Waals surface area contributed by atoms with E-state index in [1.165, 1.54) is 25.7 Å². The van der Waals surface area contributed by atoms with Crippen LogP contribution in [0, 0.1) is 36.0 Å². The second-order valence-corrected chi connectivity index (χ2v) is 7.74. The fourth-order valence-corrected chi connectivity index (χ4v) is 4.50. The maximum Gasteiger partial charge on any atom is 0.267 e. The van der Waals surface area contributed by atoms with Crippen molar-refractivity contribution in [2.24, 2.45) is 17.8 Å². The van der Waals surface area contributed by atoms with Crippen molar-refractivity contribution in [3.05, 3.63) is 40.6 Å². The Morgan fingerprint density at radius 2 is 2.20 bits per heavy atom. The lowest BCUT2D eigenvalue weighted by atomic mass is 9.84. The number of halogens is 1. The van der Waals surface area contributed by atoms with Crippen LogP contribution in [0.1, 0.15) is 38.2 Å². The maximum atomic E-state index is 12.4. The van der Waals surface area contributed by atoms with Gasteiger partial charge in [-0.25, -0.2) is 0 Å². The molecule has 0 saturated heterocycles. The highest BCUT2D eigenvalue weighted by atomic mass is 35.5. The third-order valence-electron chi connectivity index (χ3n) is 5.81. The zero-order chi connectivity index (χ0) is 18.0. The molecule has 4 atom stereocenters. The second-order valence-electron chi connectivity index (χ2n) is 7.33. The molecule has 2 bridgehead atoms. The molecule has 0 aromatic heterocycles. The molecule has 2 fully saturated rings. The monoisotopic (exact) mass is 357 g/mol. The molecule has 1 aromatic rings. The summed E-state index contributed by atoms with van der Waals surface area (Å²) >= 11 is 6.07. The number of fused-ring (bicyclic) bond motifs is 2. The van der Waals surface area contributed by atoms with E-state index in [2.05, 4.69) is 17.6 Å². The molecule has 2 saturated carbocycles. The van der Waals surface area contributed by atoms with Gasteiger partial charge in [-0.1, -0.05) is 24.1 Å². The number of rotatable bonds is 5. The molecule has 4 unspecified atom stereocenters. The number of nitrogens with one attached hydrogen (secondary N) is 2. The quantitative estimate of drug-likeness (QED) is 0.606. The van der Waals surface area contributed by atoms with Gasteiger partial charge in [-0.05, 0) is 68.6 Å². The van der Waals surface area contributed by atoms with E-state index in [1.807, 2.05) is 13.0 Å². The van der Waals surface area contributed by atoms with E-state index in [-0.39, 0.29) is 11.6 Å². The van der Waals surface area contributed by atoms with Crippen LogP contribution in [-0.2, 0) is 4.79 Å². The Balaban J connectivity index is 1.63. The summed E-state index contributed by atoms with van der Waals surface area (Å²) in [7, 11) is 0. The maximum absolute atomic E-state index is 12.4. The Bertz CT molecular complexity index is 737. The number of nitriles is 1. The fourth-order valence-electron chi connectivity index (χ4n) is 4.33. The van der Waals surface area contributed by atoms with Crippen LogP contribution in [0.25, 0.3) is 0 Å². The van der Waals surface area contributed by atoms with Crippen molar-refractivity contribution in [3.8, 4) is 6.07 Å². The molecule has 2 aliphatic carbocycles. The fraction of sp³-hybridized carbons (Fsp3) is 0.500. The van der Waals surface area contributed by atoms with Crippen molar-refractivity contribution < 1.29 is 4.79 Å². The first-order chi connectivity index (χ1) is 12.0. The molecular weight excluding hydrogens is 334 g/mol. The number of hydrogen-bond acceptors (Lipinski definition) is 3. The lowest BCUT2D eigenvalue weighted by Crippen LogP contribution is -2.34. The lowest BCUT2D eigenvalue weighted by molar-refractivity contribution is -0.112. The van der Waals surface area contributed by atoms with Crippen LogP contribution in [0.2, 0.25) is 5.02 Å². The zero-order valence-corrected chi connectivity index (χ0v) is 15.4. The summed E-state index contributed by atoms with van der Waals surface area (Å²) in [6.45, 7) is 3.99. The SMILES string of the molecule is Cc1c(Cl)cccc1NC(=O)/C(C#N)=C\NC(C)C1CC2CCC1C2. The molecule has 0 radical (unpaired) electrons. The van der Waals surface area contributed by atoms with Crippen LogP contribution < -0.4 is 10.6 Å². The first-order valence-corrected chi connectivity index (χ1v) is 9.30. The molecule has 1 aromatic carbocycles. The molecule has 25 heavy (non-hydrogen) atoms.